The molecule has 0 saturated carbocycles. The van der Waals surface area contributed by atoms with Crippen molar-refractivity contribution in [1.29, 1.82) is 0 Å². The Morgan fingerprint density at radius 2 is 1.90 bits per heavy atom. The second-order valence-corrected chi connectivity index (χ2v) is 7.08. The fourth-order valence-electron chi connectivity index (χ4n) is 3.09. The summed E-state index contributed by atoms with van der Waals surface area (Å²) in [5.74, 6) is -2.60. The molecule has 0 radical (unpaired) electrons. The molecule has 1 atom stereocenters. The maximum Gasteiger partial charge on any atom is 0.341 e. The summed E-state index contributed by atoms with van der Waals surface area (Å²) in [4.78, 5) is 35.0. The summed E-state index contributed by atoms with van der Waals surface area (Å²) in [6, 6.07) is 5.98. The zero-order valence-corrected chi connectivity index (χ0v) is 16.7. The van der Waals surface area contributed by atoms with E-state index in [-0.39, 0.29) is 35.1 Å². The van der Waals surface area contributed by atoms with Crippen molar-refractivity contribution in [3.05, 3.63) is 62.7 Å². The van der Waals surface area contributed by atoms with Crippen molar-refractivity contribution in [1.82, 2.24) is 5.32 Å². The number of nitro benzene ring substituents is 1. The molecule has 0 bridgehead atoms. The molecule has 0 aromatic heterocycles. The molecule has 2 rings (SSSR count). The molecule has 0 fully saturated rings. The third-order valence-electron chi connectivity index (χ3n) is 4.26. The zero-order chi connectivity index (χ0) is 21.7. The lowest BCUT2D eigenvalue weighted by Crippen LogP contribution is -2.31. The van der Waals surface area contributed by atoms with Crippen molar-refractivity contribution in [2.45, 2.75) is 33.6 Å². The van der Waals surface area contributed by atoms with Gasteiger partial charge in [-0.15, -0.1) is 0 Å². The number of benzene rings is 1. The van der Waals surface area contributed by atoms with E-state index in [9.17, 15) is 19.7 Å². The van der Waals surface area contributed by atoms with E-state index >= 15 is 0 Å². The Hall–Kier alpha value is -3.36. The number of carbonyl (C=O) groups excluding carboxylic acids is 1. The van der Waals surface area contributed by atoms with E-state index in [0.29, 0.717) is 11.4 Å². The minimum Gasteiger partial charge on any atom is -0.483 e. The number of carboxylic acid groups (broad SMARTS) is 1. The Morgan fingerprint density at radius 1 is 1.24 bits per heavy atom. The lowest BCUT2D eigenvalue weighted by atomic mass is 9.84. The van der Waals surface area contributed by atoms with Gasteiger partial charge < -0.3 is 19.9 Å². The molecular formula is C20H24N2O7. The summed E-state index contributed by atoms with van der Waals surface area (Å²) in [7, 11) is 0. The van der Waals surface area contributed by atoms with Crippen molar-refractivity contribution < 1.29 is 29.1 Å². The molecule has 1 aromatic rings. The number of dihydropyridines is 1. The average molecular weight is 404 g/mol. The first kappa shape index (κ1) is 21.9. The fraction of sp³-hybridized carbons (Fsp3) is 0.400. The number of ether oxygens (including phenoxy) is 2. The van der Waals surface area contributed by atoms with Crippen LogP contribution >= 0.6 is 0 Å². The van der Waals surface area contributed by atoms with Crippen LogP contribution in [-0.2, 0) is 19.1 Å². The second-order valence-electron chi connectivity index (χ2n) is 7.08. The molecule has 29 heavy (non-hydrogen) atoms. The molecule has 0 saturated heterocycles. The van der Waals surface area contributed by atoms with E-state index in [2.05, 4.69) is 5.32 Å². The first-order chi connectivity index (χ1) is 13.6. The smallest absolute Gasteiger partial charge is 0.341 e. The van der Waals surface area contributed by atoms with E-state index < -0.39 is 29.4 Å². The highest BCUT2D eigenvalue weighted by Gasteiger charge is 2.39. The van der Waals surface area contributed by atoms with Crippen LogP contribution in [0, 0.1) is 16.0 Å². The number of allylic oxidation sites excluding steroid dienone is 3. The quantitative estimate of drug-likeness (QED) is 0.384. The molecule has 1 unspecified atom stereocenters. The van der Waals surface area contributed by atoms with Gasteiger partial charge in [-0.2, -0.15) is 0 Å². The summed E-state index contributed by atoms with van der Waals surface area (Å²) in [6.45, 7) is 6.60. The predicted molar refractivity (Wildman–Crippen MR) is 104 cm³/mol. The van der Waals surface area contributed by atoms with Gasteiger partial charge in [0, 0.05) is 17.3 Å². The summed E-state index contributed by atoms with van der Waals surface area (Å²) in [6.07, 6.45) is 0. The number of hydrogen-bond donors (Lipinski definition) is 2. The number of para-hydroxylation sites is 1. The van der Waals surface area contributed by atoms with E-state index in [1.165, 1.54) is 18.2 Å². The molecule has 1 aliphatic heterocycles. The topological polar surface area (TPSA) is 128 Å². The van der Waals surface area contributed by atoms with E-state index in [4.69, 9.17) is 14.6 Å². The lowest BCUT2D eigenvalue weighted by Gasteiger charge is -2.30. The summed E-state index contributed by atoms with van der Waals surface area (Å²) >= 11 is 0. The molecule has 1 heterocycles. The van der Waals surface area contributed by atoms with Gasteiger partial charge in [0.1, 0.15) is 5.76 Å². The van der Waals surface area contributed by atoms with Gasteiger partial charge in [0.2, 0.25) is 0 Å². The first-order valence-electron chi connectivity index (χ1n) is 9.07. The van der Waals surface area contributed by atoms with Gasteiger partial charge in [0.25, 0.3) is 5.69 Å². The van der Waals surface area contributed by atoms with Crippen molar-refractivity contribution in [2.24, 2.45) is 5.92 Å². The third kappa shape index (κ3) is 5.13. The molecule has 0 spiro atoms. The highest BCUT2D eigenvalue weighted by atomic mass is 16.6. The molecule has 156 valence electrons. The number of aliphatic carboxylic acids is 1. The van der Waals surface area contributed by atoms with Gasteiger partial charge in [-0.05, 0) is 19.8 Å². The van der Waals surface area contributed by atoms with Crippen LogP contribution in [0.4, 0.5) is 5.69 Å². The average Bonchev–Trinajstić information content (AvgIpc) is 2.64. The molecule has 2 N–H and O–H groups in total. The van der Waals surface area contributed by atoms with Gasteiger partial charge in [-0.1, -0.05) is 32.0 Å². The Labute approximate surface area is 168 Å². The number of nitrogens with zero attached hydrogens (tertiary/aromatic N) is 1. The van der Waals surface area contributed by atoms with Crippen molar-refractivity contribution in [3.8, 4) is 0 Å². The minimum atomic E-state index is -1.21. The number of carboxylic acids is 1. The molecule has 9 nitrogen and oxygen atoms in total. The minimum absolute atomic E-state index is 0.0981. The fourth-order valence-corrected chi connectivity index (χ4v) is 3.09. The highest BCUT2D eigenvalue weighted by molar-refractivity contribution is 5.92. The Morgan fingerprint density at radius 3 is 2.48 bits per heavy atom. The van der Waals surface area contributed by atoms with Gasteiger partial charge in [-0.3, -0.25) is 10.1 Å². The lowest BCUT2D eigenvalue weighted by molar-refractivity contribution is -0.385. The van der Waals surface area contributed by atoms with E-state index in [1.807, 2.05) is 13.8 Å². The monoisotopic (exact) mass is 404 g/mol. The maximum atomic E-state index is 12.9. The van der Waals surface area contributed by atoms with Crippen molar-refractivity contribution >= 4 is 17.6 Å². The van der Waals surface area contributed by atoms with Crippen LogP contribution in [0.2, 0.25) is 0 Å². The number of hydrogen-bond acceptors (Lipinski definition) is 7. The Bertz CT molecular complexity index is 887. The number of esters is 1. The Kier molecular flexibility index (Phi) is 6.98. The van der Waals surface area contributed by atoms with Crippen LogP contribution < -0.4 is 5.32 Å². The van der Waals surface area contributed by atoms with Gasteiger partial charge in [-0.25, -0.2) is 9.59 Å². The van der Waals surface area contributed by atoms with Gasteiger partial charge in [0.05, 0.1) is 28.7 Å². The molecule has 1 aliphatic rings. The normalized spacial score (nSPS) is 16.5. The van der Waals surface area contributed by atoms with E-state index in [1.54, 1.807) is 19.9 Å². The molecular weight excluding hydrogens is 380 g/mol. The van der Waals surface area contributed by atoms with Crippen LogP contribution in [0.3, 0.4) is 0 Å². The molecule has 0 aliphatic carbocycles. The largest absolute Gasteiger partial charge is 0.483 e. The Balaban J connectivity index is 2.62. The SMILES string of the molecule is CC1=C(OCC(=O)O)C(c2ccccc2[N+](=O)[O-])C(C(=O)OCC(C)C)=C(C)N1. The van der Waals surface area contributed by atoms with Crippen LogP contribution in [0.15, 0.2) is 47.0 Å². The number of nitrogens with one attached hydrogen (secondary N) is 1. The number of rotatable bonds is 8. The van der Waals surface area contributed by atoms with Crippen LogP contribution in [0.25, 0.3) is 0 Å². The summed E-state index contributed by atoms with van der Waals surface area (Å²) in [5, 5.41) is 23.6. The van der Waals surface area contributed by atoms with Gasteiger partial charge in [0.15, 0.2) is 6.61 Å². The van der Waals surface area contributed by atoms with Gasteiger partial charge >= 0.3 is 11.9 Å². The van der Waals surface area contributed by atoms with Crippen LogP contribution in [-0.4, -0.2) is 35.2 Å². The number of carbonyl (C=O) groups is 2. The second kappa shape index (κ2) is 9.22. The first-order valence-corrected chi connectivity index (χ1v) is 9.07. The molecule has 1 aromatic carbocycles. The maximum absolute atomic E-state index is 12.9. The standard InChI is InChI=1S/C20H24N2O7/c1-11(2)9-29-20(25)17-12(3)21-13(4)19(28-10-16(23)24)18(17)14-7-5-6-8-15(14)22(26)27/h5-8,11,18,21H,9-10H2,1-4H3,(H,23,24). The zero-order valence-electron chi connectivity index (χ0n) is 16.7. The third-order valence-corrected chi connectivity index (χ3v) is 4.26. The van der Waals surface area contributed by atoms with Crippen LogP contribution in [0.1, 0.15) is 39.2 Å². The summed E-state index contributed by atoms with van der Waals surface area (Å²) in [5.41, 5.74) is 1.08. The summed E-state index contributed by atoms with van der Waals surface area (Å²) < 4.78 is 10.8. The number of nitro groups is 1. The highest BCUT2D eigenvalue weighted by Crippen LogP contribution is 2.42. The van der Waals surface area contributed by atoms with Crippen molar-refractivity contribution in [2.75, 3.05) is 13.2 Å². The van der Waals surface area contributed by atoms with E-state index in [0.717, 1.165) is 0 Å². The predicted octanol–water partition coefficient (Wildman–Crippen LogP) is 3.09. The van der Waals surface area contributed by atoms with Crippen LogP contribution in [0.5, 0.6) is 0 Å². The molecule has 0 amide bonds. The van der Waals surface area contributed by atoms with Crippen molar-refractivity contribution in [3.63, 3.8) is 0 Å². The molecule has 9 heteroatoms.